The third-order valence-corrected chi connectivity index (χ3v) is 4.55. The molecule has 0 saturated carbocycles. The number of carbonyl (C=O) groups excluding carboxylic acids is 1. The van der Waals surface area contributed by atoms with Gasteiger partial charge in [-0.3, -0.25) is 4.79 Å². The Morgan fingerprint density at radius 1 is 0.962 bits per heavy atom. The second kappa shape index (κ2) is 8.17. The molecule has 2 N–H and O–H groups in total. The monoisotopic (exact) mass is 359 g/mol. The minimum Gasteiger partial charge on any atom is -0.374 e. The Labute approximate surface area is 152 Å². The standard InChI is InChI=1S/C20H23F2N3O/c1-14(20(26)24-16-7-10-18(21)19(22)13-16)23-15-5-8-17(9-6-15)25-11-3-2-4-12-25/h5-10,13-14,23H,2-4,11-12H2,1H3,(H,24,26)/t14-/m1/s1. The predicted molar refractivity (Wildman–Crippen MR) is 101 cm³/mol. The second-order valence-corrected chi connectivity index (χ2v) is 6.58. The quantitative estimate of drug-likeness (QED) is 0.832. The molecule has 0 unspecified atom stereocenters. The van der Waals surface area contributed by atoms with Gasteiger partial charge in [0.05, 0.1) is 0 Å². The minimum absolute atomic E-state index is 0.225. The third kappa shape index (κ3) is 4.50. The maximum atomic E-state index is 13.2. The smallest absolute Gasteiger partial charge is 0.246 e. The number of halogens is 2. The van der Waals surface area contributed by atoms with Crippen molar-refractivity contribution in [1.29, 1.82) is 0 Å². The molecular formula is C20H23F2N3O. The second-order valence-electron chi connectivity index (χ2n) is 6.58. The molecule has 26 heavy (non-hydrogen) atoms. The van der Waals surface area contributed by atoms with Crippen LogP contribution in [0.15, 0.2) is 42.5 Å². The van der Waals surface area contributed by atoms with Crippen molar-refractivity contribution < 1.29 is 13.6 Å². The van der Waals surface area contributed by atoms with E-state index in [2.05, 4.69) is 15.5 Å². The van der Waals surface area contributed by atoms with E-state index < -0.39 is 17.7 Å². The molecule has 2 aromatic carbocycles. The Morgan fingerprint density at radius 3 is 2.27 bits per heavy atom. The summed E-state index contributed by atoms with van der Waals surface area (Å²) in [5.41, 5.74) is 2.25. The average molecular weight is 359 g/mol. The molecule has 2 aromatic rings. The van der Waals surface area contributed by atoms with E-state index >= 15 is 0 Å². The van der Waals surface area contributed by atoms with E-state index in [0.29, 0.717) is 0 Å². The van der Waals surface area contributed by atoms with Gasteiger partial charge in [0, 0.05) is 36.2 Å². The number of hydrogen-bond acceptors (Lipinski definition) is 3. The van der Waals surface area contributed by atoms with Crippen LogP contribution in [0.4, 0.5) is 25.8 Å². The third-order valence-electron chi connectivity index (χ3n) is 4.55. The van der Waals surface area contributed by atoms with Crippen molar-refractivity contribution in [2.75, 3.05) is 28.6 Å². The molecule has 4 nitrogen and oxygen atoms in total. The van der Waals surface area contributed by atoms with Gasteiger partial charge in [-0.05, 0) is 62.6 Å². The first-order valence-electron chi connectivity index (χ1n) is 8.90. The highest BCUT2D eigenvalue weighted by Crippen LogP contribution is 2.22. The highest BCUT2D eigenvalue weighted by molar-refractivity contribution is 5.96. The molecule has 6 heteroatoms. The molecule has 138 valence electrons. The van der Waals surface area contributed by atoms with Crippen molar-refractivity contribution in [2.45, 2.75) is 32.2 Å². The minimum atomic E-state index is -0.989. The molecule has 1 heterocycles. The van der Waals surface area contributed by atoms with E-state index in [0.717, 1.165) is 30.9 Å². The zero-order valence-electron chi connectivity index (χ0n) is 14.8. The van der Waals surface area contributed by atoms with Gasteiger partial charge in [0.25, 0.3) is 0 Å². The highest BCUT2D eigenvalue weighted by atomic mass is 19.2. The topological polar surface area (TPSA) is 44.4 Å². The van der Waals surface area contributed by atoms with Crippen LogP contribution >= 0.6 is 0 Å². The number of hydrogen-bond donors (Lipinski definition) is 2. The van der Waals surface area contributed by atoms with Gasteiger partial charge in [-0.25, -0.2) is 8.78 Å². The van der Waals surface area contributed by atoms with Crippen LogP contribution in [0, 0.1) is 11.6 Å². The first-order chi connectivity index (χ1) is 12.5. The summed E-state index contributed by atoms with van der Waals surface area (Å²) in [7, 11) is 0. The van der Waals surface area contributed by atoms with Crippen molar-refractivity contribution in [1.82, 2.24) is 0 Å². The molecular weight excluding hydrogens is 336 g/mol. The fourth-order valence-corrected chi connectivity index (χ4v) is 3.06. The molecule has 1 aliphatic heterocycles. The van der Waals surface area contributed by atoms with Crippen LogP contribution in [0.25, 0.3) is 0 Å². The van der Waals surface area contributed by atoms with Gasteiger partial charge in [-0.1, -0.05) is 0 Å². The van der Waals surface area contributed by atoms with Crippen LogP contribution in [0.3, 0.4) is 0 Å². The van der Waals surface area contributed by atoms with E-state index in [1.165, 1.54) is 31.0 Å². The molecule has 0 radical (unpaired) electrons. The predicted octanol–water partition coefficient (Wildman–Crippen LogP) is 4.39. The van der Waals surface area contributed by atoms with Crippen LogP contribution in [0.5, 0.6) is 0 Å². The van der Waals surface area contributed by atoms with E-state index in [4.69, 9.17) is 0 Å². The van der Waals surface area contributed by atoms with Gasteiger partial charge in [-0.2, -0.15) is 0 Å². The van der Waals surface area contributed by atoms with Crippen LogP contribution in [0.1, 0.15) is 26.2 Å². The molecule has 1 aliphatic rings. The summed E-state index contributed by atoms with van der Waals surface area (Å²) in [5, 5.41) is 5.70. The van der Waals surface area contributed by atoms with Gasteiger partial charge in [0.1, 0.15) is 6.04 Å². The lowest BCUT2D eigenvalue weighted by Gasteiger charge is -2.29. The number of rotatable bonds is 5. The largest absolute Gasteiger partial charge is 0.374 e. The molecule has 1 saturated heterocycles. The average Bonchev–Trinajstić information content (AvgIpc) is 2.66. The lowest BCUT2D eigenvalue weighted by Crippen LogP contribution is -2.32. The van der Waals surface area contributed by atoms with Gasteiger partial charge in [0.2, 0.25) is 5.91 Å². The summed E-state index contributed by atoms with van der Waals surface area (Å²) in [6.45, 7) is 3.88. The molecule has 0 aromatic heterocycles. The van der Waals surface area contributed by atoms with Crippen LogP contribution in [0.2, 0.25) is 0 Å². The van der Waals surface area contributed by atoms with E-state index in [-0.39, 0.29) is 11.6 Å². The maximum absolute atomic E-state index is 13.2. The van der Waals surface area contributed by atoms with Gasteiger partial charge in [-0.15, -0.1) is 0 Å². The van der Waals surface area contributed by atoms with Crippen LogP contribution < -0.4 is 15.5 Å². The fourth-order valence-electron chi connectivity index (χ4n) is 3.06. The summed E-state index contributed by atoms with van der Waals surface area (Å²) >= 11 is 0. The van der Waals surface area contributed by atoms with Crippen molar-refractivity contribution in [3.63, 3.8) is 0 Å². The number of nitrogens with one attached hydrogen (secondary N) is 2. The molecule has 1 atom stereocenters. The van der Waals surface area contributed by atoms with Crippen LogP contribution in [-0.2, 0) is 4.79 Å². The zero-order chi connectivity index (χ0) is 18.5. The van der Waals surface area contributed by atoms with E-state index in [1.807, 2.05) is 24.3 Å². The van der Waals surface area contributed by atoms with Crippen molar-refractivity contribution in [3.05, 3.63) is 54.1 Å². The molecule has 0 aliphatic carbocycles. The molecule has 0 spiro atoms. The lowest BCUT2D eigenvalue weighted by molar-refractivity contribution is -0.116. The highest BCUT2D eigenvalue weighted by Gasteiger charge is 2.15. The number of benzene rings is 2. The zero-order valence-corrected chi connectivity index (χ0v) is 14.8. The van der Waals surface area contributed by atoms with Crippen molar-refractivity contribution in [3.8, 4) is 0 Å². The molecule has 1 fully saturated rings. The van der Waals surface area contributed by atoms with E-state index in [9.17, 15) is 13.6 Å². The van der Waals surface area contributed by atoms with Gasteiger partial charge in [0.15, 0.2) is 11.6 Å². The number of piperidine rings is 1. The first kappa shape index (κ1) is 18.2. The molecule has 1 amide bonds. The van der Waals surface area contributed by atoms with Gasteiger partial charge < -0.3 is 15.5 Å². The normalized spacial score (nSPS) is 15.4. The van der Waals surface area contributed by atoms with Gasteiger partial charge >= 0.3 is 0 Å². The van der Waals surface area contributed by atoms with Crippen molar-refractivity contribution >= 4 is 23.0 Å². The Bertz CT molecular complexity index is 758. The number of anilines is 3. The first-order valence-corrected chi connectivity index (χ1v) is 8.90. The molecule has 0 bridgehead atoms. The fraction of sp³-hybridized carbons (Fsp3) is 0.350. The molecule has 3 rings (SSSR count). The number of nitrogens with zero attached hydrogens (tertiary/aromatic N) is 1. The van der Waals surface area contributed by atoms with E-state index in [1.54, 1.807) is 6.92 Å². The lowest BCUT2D eigenvalue weighted by atomic mass is 10.1. The maximum Gasteiger partial charge on any atom is 0.246 e. The summed E-state index contributed by atoms with van der Waals surface area (Å²) in [6.07, 6.45) is 3.74. The van der Waals surface area contributed by atoms with Crippen LogP contribution in [-0.4, -0.2) is 25.0 Å². The Kier molecular flexibility index (Phi) is 5.71. The summed E-state index contributed by atoms with van der Waals surface area (Å²) in [6, 6.07) is 10.8. The number of carbonyl (C=O) groups is 1. The Balaban J connectivity index is 1.57. The summed E-state index contributed by atoms with van der Waals surface area (Å²) < 4.78 is 26.2. The SMILES string of the molecule is C[C@@H](Nc1ccc(N2CCCCC2)cc1)C(=O)Nc1ccc(F)c(F)c1. The Morgan fingerprint density at radius 2 is 1.62 bits per heavy atom. The summed E-state index contributed by atoms with van der Waals surface area (Å²) in [5.74, 6) is -2.25. The summed E-state index contributed by atoms with van der Waals surface area (Å²) in [4.78, 5) is 14.6. The Hall–Kier alpha value is -2.63. The number of amides is 1. The van der Waals surface area contributed by atoms with Crippen molar-refractivity contribution in [2.24, 2.45) is 0 Å².